The average Bonchev–Trinajstić information content (AvgIpc) is 2.39. The summed E-state index contributed by atoms with van der Waals surface area (Å²) in [5.74, 6) is -0.286. The van der Waals surface area contributed by atoms with E-state index in [1.54, 1.807) is 30.5 Å². The lowest BCUT2D eigenvalue weighted by molar-refractivity contribution is 0.102. The minimum absolute atomic E-state index is 0.286. The Morgan fingerprint density at radius 3 is 2.84 bits per heavy atom. The van der Waals surface area contributed by atoms with Crippen molar-refractivity contribution < 1.29 is 4.79 Å². The molecule has 0 aliphatic heterocycles. The molecule has 1 aromatic carbocycles. The minimum atomic E-state index is -0.286. The van der Waals surface area contributed by atoms with E-state index in [9.17, 15) is 4.79 Å². The summed E-state index contributed by atoms with van der Waals surface area (Å²) in [5, 5.41) is 11.7. The summed E-state index contributed by atoms with van der Waals surface area (Å²) in [7, 11) is 0. The highest BCUT2D eigenvalue weighted by Crippen LogP contribution is 2.21. The molecule has 1 N–H and O–H groups in total. The zero-order valence-corrected chi connectivity index (χ0v) is 11.7. The van der Waals surface area contributed by atoms with Gasteiger partial charge in [0.15, 0.2) is 0 Å². The van der Waals surface area contributed by atoms with E-state index in [2.05, 4.69) is 26.2 Å². The summed E-state index contributed by atoms with van der Waals surface area (Å²) in [4.78, 5) is 16.0. The van der Waals surface area contributed by atoms with E-state index in [-0.39, 0.29) is 5.91 Å². The van der Waals surface area contributed by atoms with Crippen LogP contribution in [0, 0.1) is 18.3 Å². The van der Waals surface area contributed by atoms with Crippen LogP contribution in [-0.4, -0.2) is 10.9 Å². The summed E-state index contributed by atoms with van der Waals surface area (Å²) in [5.41, 5.74) is 2.26. The maximum absolute atomic E-state index is 12.1. The SMILES string of the molecule is Cc1cncc(C(=O)Nc2cc(Br)ccc2C#N)c1. The zero-order chi connectivity index (χ0) is 13.8. The lowest BCUT2D eigenvalue weighted by atomic mass is 10.1. The largest absolute Gasteiger partial charge is 0.321 e. The normalized spacial score (nSPS) is 9.74. The molecule has 4 nitrogen and oxygen atoms in total. The standard InChI is InChI=1S/C14H10BrN3O/c1-9-4-11(8-17-7-9)14(19)18-13-5-12(15)3-2-10(13)6-16/h2-5,7-8H,1H3,(H,18,19). The number of carbonyl (C=O) groups is 1. The van der Waals surface area contributed by atoms with Crippen LogP contribution in [0.3, 0.4) is 0 Å². The first-order chi connectivity index (χ1) is 9.10. The highest BCUT2D eigenvalue weighted by molar-refractivity contribution is 9.10. The molecule has 0 fully saturated rings. The van der Waals surface area contributed by atoms with E-state index in [1.165, 1.54) is 6.20 Å². The summed E-state index contributed by atoms with van der Waals surface area (Å²) in [6.07, 6.45) is 3.17. The molecule has 1 heterocycles. The molecule has 0 aliphatic carbocycles. The number of nitriles is 1. The Bertz CT molecular complexity index is 677. The first-order valence-electron chi connectivity index (χ1n) is 5.53. The van der Waals surface area contributed by atoms with Gasteiger partial charge in [-0.2, -0.15) is 5.26 Å². The number of carbonyl (C=O) groups excluding carboxylic acids is 1. The Morgan fingerprint density at radius 2 is 2.16 bits per heavy atom. The topological polar surface area (TPSA) is 65.8 Å². The molecule has 0 aliphatic rings. The van der Waals surface area contributed by atoms with Crippen LogP contribution in [0.15, 0.2) is 41.1 Å². The van der Waals surface area contributed by atoms with E-state index in [0.29, 0.717) is 16.8 Å². The molecule has 0 radical (unpaired) electrons. The second-order valence-electron chi connectivity index (χ2n) is 4.01. The third kappa shape index (κ3) is 3.18. The third-order valence-electron chi connectivity index (χ3n) is 2.49. The monoisotopic (exact) mass is 315 g/mol. The molecule has 1 aromatic heterocycles. The van der Waals surface area contributed by atoms with Gasteiger partial charge in [0.05, 0.1) is 16.8 Å². The molecular formula is C14H10BrN3O. The fourth-order valence-corrected chi connectivity index (χ4v) is 1.95. The van der Waals surface area contributed by atoms with Gasteiger partial charge in [-0.15, -0.1) is 0 Å². The Labute approximate surface area is 119 Å². The summed E-state index contributed by atoms with van der Waals surface area (Å²) in [6.45, 7) is 1.86. The number of aromatic nitrogens is 1. The summed E-state index contributed by atoms with van der Waals surface area (Å²) >= 11 is 3.31. The van der Waals surface area contributed by atoms with Crippen molar-refractivity contribution >= 4 is 27.5 Å². The van der Waals surface area contributed by atoms with E-state index < -0.39 is 0 Å². The van der Waals surface area contributed by atoms with Crippen LogP contribution in [0.1, 0.15) is 21.5 Å². The predicted octanol–water partition coefficient (Wildman–Crippen LogP) is 3.28. The number of anilines is 1. The third-order valence-corrected chi connectivity index (χ3v) is 2.98. The number of nitrogens with zero attached hydrogens (tertiary/aromatic N) is 2. The summed E-state index contributed by atoms with van der Waals surface area (Å²) < 4.78 is 0.796. The number of hydrogen-bond donors (Lipinski definition) is 1. The molecule has 5 heteroatoms. The van der Waals surface area contributed by atoms with Gasteiger partial charge in [-0.25, -0.2) is 0 Å². The molecule has 0 saturated carbocycles. The van der Waals surface area contributed by atoms with Crippen molar-refractivity contribution in [2.75, 3.05) is 5.32 Å². The fraction of sp³-hybridized carbons (Fsp3) is 0.0714. The second kappa shape index (κ2) is 5.63. The van der Waals surface area contributed by atoms with Crippen molar-refractivity contribution in [2.45, 2.75) is 6.92 Å². The maximum atomic E-state index is 12.1. The minimum Gasteiger partial charge on any atom is -0.321 e. The molecule has 2 rings (SSSR count). The Kier molecular flexibility index (Phi) is 3.93. The van der Waals surface area contributed by atoms with Gasteiger partial charge < -0.3 is 5.32 Å². The van der Waals surface area contributed by atoms with Crippen molar-refractivity contribution in [3.05, 3.63) is 57.8 Å². The average molecular weight is 316 g/mol. The van der Waals surface area contributed by atoms with Gasteiger partial charge in [0.2, 0.25) is 0 Å². The van der Waals surface area contributed by atoms with E-state index in [4.69, 9.17) is 5.26 Å². The molecule has 0 unspecified atom stereocenters. The molecule has 0 spiro atoms. The lowest BCUT2D eigenvalue weighted by Crippen LogP contribution is -2.13. The number of halogens is 1. The molecule has 94 valence electrons. The van der Waals surface area contributed by atoms with Crippen LogP contribution in [0.4, 0.5) is 5.69 Å². The first-order valence-corrected chi connectivity index (χ1v) is 6.32. The highest BCUT2D eigenvalue weighted by atomic mass is 79.9. The van der Waals surface area contributed by atoms with Gasteiger partial charge >= 0.3 is 0 Å². The molecule has 0 bridgehead atoms. The quantitative estimate of drug-likeness (QED) is 0.924. The van der Waals surface area contributed by atoms with Gasteiger partial charge in [0.25, 0.3) is 5.91 Å². The molecular weight excluding hydrogens is 306 g/mol. The van der Waals surface area contributed by atoms with Gasteiger partial charge in [0, 0.05) is 16.9 Å². The first kappa shape index (κ1) is 13.2. The predicted molar refractivity (Wildman–Crippen MR) is 75.8 cm³/mol. The summed E-state index contributed by atoms with van der Waals surface area (Å²) in [6, 6.07) is 8.88. The van der Waals surface area contributed by atoms with Gasteiger partial charge in [0.1, 0.15) is 6.07 Å². The van der Waals surface area contributed by atoms with Gasteiger partial charge in [-0.3, -0.25) is 9.78 Å². The van der Waals surface area contributed by atoms with Crippen molar-refractivity contribution in [3.8, 4) is 6.07 Å². The lowest BCUT2D eigenvalue weighted by Gasteiger charge is -2.07. The molecule has 2 aromatic rings. The van der Waals surface area contributed by atoms with E-state index >= 15 is 0 Å². The number of amides is 1. The smallest absolute Gasteiger partial charge is 0.257 e. The highest BCUT2D eigenvalue weighted by Gasteiger charge is 2.10. The number of hydrogen-bond acceptors (Lipinski definition) is 3. The van der Waals surface area contributed by atoms with E-state index in [1.807, 2.05) is 13.0 Å². The van der Waals surface area contributed by atoms with Crippen LogP contribution in [0.25, 0.3) is 0 Å². The van der Waals surface area contributed by atoms with Crippen LogP contribution >= 0.6 is 15.9 Å². The van der Waals surface area contributed by atoms with Crippen LogP contribution in [-0.2, 0) is 0 Å². The second-order valence-corrected chi connectivity index (χ2v) is 4.92. The van der Waals surface area contributed by atoms with Crippen LogP contribution in [0.2, 0.25) is 0 Å². The number of pyridine rings is 1. The molecule has 19 heavy (non-hydrogen) atoms. The number of aryl methyl sites for hydroxylation is 1. The Morgan fingerprint density at radius 1 is 1.37 bits per heavy atom. The van der Waals surface area contributed by atoms with Gasteiger partial charge in [-0.1, -0.05) is 15.9 Å². The van der Waals surface area contributed by atoms with Crippen LogP contribution < -0.4 is 5.32 Å². The van der Waals surface area contributed by atoms with E-state index in [0.717, 1.165) is 10.0 Å². The number of nitrogens with one attached hydrogen (secondary N) is 1. The fourth-order valence-electron chi connectivity index (χ4n) is 1.59. The van der Waals surface area contributed by atoms with Crippen molar-refractivity contribution in [1.29, 1.82) is 5.26 Å². The van der Waals surface area contributed by atoms with Crippen molar-refractivity contribution in [2.24, 2.45) is 0 Å². The number of rotatable bonds is 2. The molecule has 0 saturated heterocycles. The number of benzene rings is 1. The van der Waals surface area contributed by atoms with Crippen molar-refractivity contribution in [3.63, 3.8) is 0 Å². The Hall–Kier alpha value is -2.19. The molecule has 0 atom stereocenters. The molecule has 1 amide bonds. The van der Waals surface area contributed by atoms with Crippen molar-refractivity contribution in [1.82, 2.24) is 4.98 Å². The van der Waals surface area contributed by atoms with Crippen LogP contribution in [0.5, 0.6) is 0 Å². The Balaban J connectivity index is 2.29. The van der Waals surface area contributed by atoms with Gasteiger partial charge in [-0.05, 0) is 36.8 Å². The zero-order valence-electron chi connectivity index (χ0n) is 10.1. The maximum Gasteiger partial charge on any atom is 0.257 e.